The molecule has 1 aliphatic rings. The molecule has 0 radical (unpaired) electrons. The van der Waals surface area contributed by atoms with Gasteiger partial charge in [0.05, 0.1) is 18.4 Å². The summed E-state index contributed by atoms with van der Waals surface area (Å²) >= 11 is 0. The summed E-state index contributed by atoms with van der Waals surface area (Å²) in [6, 6.07) is 1.64. The first-order valence-corrected chi connectivity index (χ1v) is 7.90. The predicted octanol–water partition coefficient (Wildman–Crippen LogP) is 0.774. The van der Waals surface area contributed by atoms with Gasteiger partial charge in [0.25, 0.3) is 5.91 Å². The van der Waals surface area contributed by atoms with E-state index in [1.165, 1.54) is 6.92 Å². The van der Waals surface area contributed by atoms with Crippen LogP contribution in [-0.2, 0) is 11.3 Å². The summed E-state index contributed by atoms with van der Waals surface area (Å²) in [6.45, 7) is 4.96. The minimum absolute atomic E-state index is 0.0759. The molecule has 0 unspecified atom stereocenters. The van der Waals surface area contributed by atoms with Crippen LogP contribution >= 0.6 is 0 Å². The van der Waals surface area contributed by atoms with Gasteiger partial charge in [-0.1, -0.05) is 0 Å². The number of nitrogens with zero attached hydrogens (tertiary/aromatic N) is 4. The molecule has 1 atom stereocenters. The highest BCUT2D eigenvalue weighted by molar-refractivity contribution is 5.92. The zero-order chi connectivity index (χ0) is 17.1. The second-order valence-corrected chi connectivity index (χ2v) is 5.93. The molecule has 2 aromatic rings. The van der Waals surface area contributed by atoms with Crippen LogP contribution in [0.25, 0.3) is 0 Å². The van der Waals surface area contributed by atoms with Gasteiger partial charge in [-0.2, -0.15) is 0 Å². The topological polar surface area (TPSA) is 104 Å². The molecule has 126 valence electrons. The summed E-state index contributed by atoms with van der Waals surface area (Å²) in [4.78, 5) is 41.1. The maximum atomic E-state index is 12.5. The zero-order valence-corrected chi connectivity index (χ0v) is 13.7. The standard InChI is InChI=1S/C16H20N6O2/c1-10-17-5-3-14(20-10)16(24)22-6-4-12(9-22)15-19-8-13(21-15)7-18-11(2)23/h3,5,8,12H,4,6-7,9H2,1-2H3,(H,18,23)(H,19,21)/t12-/m0/s1. The first-order chi connectivity index (χ1) is 11.5. The van der Waals surface area contributed by atoms with Crippen molar-refractivity contribution in [3.05, 3.63) is 41.5 Å². The fourth-order valence-electron chi connectivity index (χ4n) is 2.80. The molecule has 1 saturated heterocycles. The quantitative estimate of drug-likeness (QED) is 0.863. The van der Waals surface area contributed by atoms with Crippen LogP contribution in [0.3, 0.4) is 0 Å². The minimum Gasteiger partial charge on any atom is -0.351 e. The average Bonchev–Trinajstić information content (AvgIpc) is 3.21. The molecule has 3 rings (SSSR count). The minimum atomic E-state index is -0.0797. The summed E-state index contributed by atoms with van der Waals surface area (Å²) in [5.41, 5.74) is 1.28. The SMILES string of the molecule is CC(=O)NCc1cnc([C@H]2CCN(C(=O)c3ccnc(C)n3)C2)[nH]1. The molecule has 0 aliphatic carbocycles. The van der Waals surface area contributed by atoms with Gasteiger partial charge in [0.2, 0.25) is 5.91 Å². The third-order valence-electron chi connectivity index (χ3n) is 4.03. The fraction of sp³-hybridized carbons (Fsp3) is 0.438. The Labute approximate surface area is 139 Å². The molecule has 2 aromatic heterocycles. The van der Waals surface area contributed by atoms with Crippen LogP contribution in [0.4, 0.5) is 0 Å². The number of amides is 2. The van der Waals surface area contributed by atoms with Crippen molar-refractivity contribution >= 4 is 11.8 Å². The molecule has 8 heteroatoms. The van der Waals surface area contributed by atoms with Gasteiger partial charge in [0, 0.05) is 32.1 Å². The highest BCUT2D eigenvalue weighted by atomic mass is 16.2. The second-order valence-electron chi connectivity index (χ2n) is 5.93. The van der Waals surface area contributed by atoms with Crippen molar-refractivity contribution in [3.8, 4) is 0 Å². The number of rotatable bonds is 4. The molecule has 0 bridgehead atoms. The van der Waals surface area contributed by atoms with E-state index in [9.17, 15) is 9.59 Å². The predicted molar refractivity (Wildman–Crippen MR) is 86.1 cm³/mol. The Bertz CT molecular complexity index is 757. The zero-order valence-electron chi connectivity index (χ0n) is 13.7. The van der Waals surface area contributed by atoms with Crippen molar-refractivity contribution in [2.75, 3.05) is 13.1 Å². The van der Waals surface area contributed by atoms with Crippen LogP contribution in [0.2, 0.25) is 0 Å². The van der Waals surface area contributed by atoms with E-state index in [-0.39, 0.29) is 17.7 Å². The van der Waals surface area contributed by atoms with Crippen LogP contribution < -0.4 is 5.32 Å². The molecule has 1 aliphatic heterocycles. The molecular formula is C16H20N6O2. The van der Waals surface area contributed by atoms with Gasteiger partial charge >= 0.3 is 0 Å². The van der Waals surface area contributed by atoms with E-state index >= 15 is 0 Å². The number of likely N-dealkylation sites (tertiary alicyclic amines) is 1. The van der Waals surface area contributed by atoms with Gasteiger partial charge in [-0.25, -0.2) is 15.0 Å². The highest BCUT2D eigenvalue weighted by Gasteiger charge is 2.30. The van der Waals surface area contributed by atoms with Crippen molar-refractivity contribution in [2.24, 2.45) is 0 Å². The normalized spacial score (nSPS) is 17.1. The molecule has 0 saturated carbocycles. The van der Waals surface area contributed by atoms with E-state index in [1.54, 1.807) is 30.3 Å². The monoisotopic (exact) mass is 328 g/mol. The lowest BCUT2D eigenvalue weighted by Gasteiger charge is -2.15. The van der Waals surface area contributed by atoms with E-state index in [2.05, 4.69) is 25.3 Å². The fourth-order valence-corrected chi connectivity index (χ4v) is 2.80. The van der Waals surface area contributed by atoms with E-state index in [0.717, 1.165) is 17.9 Å². The highest BCUT2D eigenvalue weighted by Crippen LogP contribution is 2.26. The number of H-pyrrole nitrogens is 1. The maximum absolute atomic E-state index is 12.5. The molecule has 3 heterocycles. The maximum Gasteiger partial charge on any atom is 0.272 e. The molecular weight excluding hydrogens is 308 g/mol. The first kappa shape index (κ1) is 16.1. The van der Waals surface area contributed by atoms with E-state index in [4.69, 9.17) is 0 Å². The molecule has 1 fully saturated rings. The van der Waals surface area contributed by atoms with Crippen LogP contribution in [0.15, 0.2) is 18.5 Å². The van der Waals surface area contributed by atoms with E-state index < -0.39 is 0 Å². The van der Waals surface area contributed by atoms with Gasteiger partial charge in [-0.05, 0) is 19.4 Å². The lowest BCUT2D eigenvalue weighted by atomic mass is 10.1. The molecule has 8 nitrogen and oxygen atoms in total. The van der Waals surface area contributed by atoms with Gasteiger partial charge in [0.1, 0.15) is 17.3 Å². The lowest BCUT2D eigenvalue weighted by Crippen LogP contribution is -2.29. The summed E-state index contributed by atoms with van der Waals surface area (Å²) in [5, 5.41) is 2.73. The van der Waals surface area contributed by atoms with E-state index in [0.29, 0.717) is 31.2 Å². The Hall–Kier alpha value is -2.77. The van der Waals surface area contributed by atoms with Crippen molar-refractivity contribution in [1.82, 2.24) is 30.2 Å². The van der Waals surface area contributed by atoms with Gasteiger partial charge in [-0.15, -0.1) is 0 Å². The third-order valence-corrected chi connectivity index (χ3v) is 4.03. The molecule has 2 N–H and O–H groups in total. The number of aromatic amines is 1. The second kappa shape index (κ2) is 6.77. The first-order valence-electron chi connectivity index (χ1n) is 7.90. The van der Waals surface area contributed by atoms with Gasteiger partial charge in [-0.3, -0.25) is 9.59 Å². The molecule has 0 aromatic carbocycles. The molecule has 0 spiro atoms. The molecule has 2 amide bonds. The summed E-state index contributed by atoms with van der Waals surface area (Å²) in [5.74, 6) is 1.45. The number of aryl methyl sites for hydroxylation is 1. The summed E-state index contributed by atoms with van der Waals surface area (Å²) in [7, 11) is 0. The van der Waals surface area contributed by atoms with Crippen molar-refractivity contribution in [1.29, 1.82) is 0 Å². The van der Waals surface area contributed by atoms with Crippen LogP contribution in [0, 0.1) is 6.92 Å². The largest absolute Gasteiger partial charge is 0.351 e. The Morgan fingerprint density at radius 1 is 1.42 bits per heavy atom. The number of aromatic nitrogens is 4. The number of hydrogen-bond donors (Lipinski definition) is 2. The average molecular weight is 328 g/mol. The number of carbonyl (C=O) groups excluding carboxylic acids is 2. The van der Waals surface area contributed by atoms with Crippen LogP contribution in [-0.4, -0.2) is 49.7 Å². The van der Waals surface area contributed by atoms with E-state index in [1.807, 2.05) is 0 Å². The molecule has 24 heavy (non-hydrogen) atoms. The van der Waals surface area contributed by atoms with Gasteiger partial charge in [0.15, 0.2) is 0 Å². The summed E-state index contributed by atoms with van der Waals surface area (Å²) in [6.07, 6.45) is 4.18. The Morgan fingerprint density at radius 3 is 3.00 bits per heavy atom. The Morgan fingerprint density at radius 2 is 2.25 bits per heavy atom. The number of imidazole rings is 1. The Kier molecular flexibility index (Phi) is 4.54. The number of hydrogen-bond acceptors (Lipinski definition) is 5. The number of nitrogens with one attached hydrogen (secondary N) is 2. The van der Waals surface area contributed by atoms with Crippen molar-refractivity contribution < 1.29 is 9.59 Å². The van der Waals surface area contributed by atoms with Crippen molar-refractivity contribution in [2.45, 2.75) is 32.7 Å². The summed E-state index contributed by atoms with van der Waals surface area (Å²) < 4.78 is 0. The smallest absolute Gasteiger partial charge is 0.272 e. The van der Waals surface area contributed by atoms with Crippen molar-refractivity contribution in [3.63, 3.8) is 0 Å². The number of carbonyl (C=O) groups is 2. The third kappa shape index (κ3) is 3.58. The lowest BCUT2D eigenvalue weighted by molar-refractivity contribution is -0.119. The van der Waals surface area contributed by atoms with Crippen LogP contribution in [0.1, 0.15) is 47.1 Å². The van der Waals surface area contributed by atoms with Gasteiger partial charge < -0.3 is 15.2 Å². The van der Waals surface area contributed by atoms with Crippen LogP contribution in [0.5, 0.6) is 0 Å². The Balaban J connectivity index is 1.63.